The molecule has 78 valence electrons. The predicted molar refractivity (Wildman–Crippen MR) is 55.8 cm³/mol. The van der Waals surface area contributed by atoms with Crippen LogP contribution in [-0.2, 0) is 4.74 Å². The van der Waals surface area contributed by atoms with Crippen LogP contribution < -0.4 is 0 Å². The van der Waals surface area contributed by atoms with E-state index in [1.54, 1.807) is 7.11 Å². The first-order valence-corrected chi connectivity index (χ1v) is 4.75. The average molecular weight is 186 g/mol. The van der Waals surface area contributed by atoms with Gasteiger partial charge < -0.3 is 9.84 Å². The summed E-state index contributed by atoms with van der Waals surface area (Å²) in [6.07, 6.45) is 2.06. The van der Waals surface area contributed by atoms with E-state index in [9.17, 15) is 5.11 Å². The summed E-state index contributed by atoms with van der Waals surface area (Å²) in [5.74, 6) is 0. The molecule has 13 heavy (non-hydrogen) atoms. The number of methoxy groups -OCH3 is 1. The van der Waals surface area contributed by atoms with Gasteiger partial charge >= 0.3 is 0 Å². The first-order chi connectivity index (χ1) is 5.87. The lowest BCUT2D eigenvalue weighted by molar-refractivity contribution is -0.0209. The number of ether oxygens (including phenoxy) is 1. The van der Waals surface area contributed by atoms with Crippen molar-refractivity contribution < 1.29 is 9.84 Å². The molecule has 0 fully saturated rings. The second kappa shape index (κ2) is 5.40. The van der Waals surface area contributed by atoms with Crippen molar-refractivity contribution in [1.82, 2.24) is 0 Å². The molecule has 0 saturated heterocycles. The van der Waals surface area contributed by atoms with Gasteiger partial charge in [-0.05, 0) is 33.6 Å². The van der Waals surface area contributed by atoms with Gasteiger partial charge in [0.1, 0.15) is 0 Å². The number of aliphatic hydroxyl groups excluding tert-OH is 1. The minimum atomic E-state index is -0.286. The number of aliphatic hydroxyl groups is 1. The molecule has 0 rings (SSSR count). The number of rotatable bonds is 6. The molecule has 0 aromatic carbocycles. The fourth-order valence-electron chi connectivity index (χ4n) is 1.17. The van der Waals surface area contributed by atoms with Gasteiger partial charge in [0.05, 0.1) is 11.7 Å². The quantitative estimate of drug-likeness (QED) is 0.646. The Kier molecular flexibility index (Phi) is 5.26. The van der Waals surface area contributed by atoms with E-state index in [1.165, 1.54) is 0 Å². The van der Waals surface area contributed by atoms with Crippen molar-refractivity contribution in [3.05, 3.63) is 12.2 Å². The Morgan fingerprint density at radius 3 is 2.46 bits per heavy atom. The summed E-state index contributed by atoms with van der Waals surface area (Å²) < 4.78 is 5.23. The van der Waals surface area contributed by atoms with Crippen molar-refractivity contribution >= 4 is 0 Å². The van der Waals surface area contributed by atoms with Crippen LogP contribution >= 0.6 is 0 Å². The van der Waals surface area contributed by atoms with Crippen LogP contribution in [0.4, 0.5) is 0 Å². The second-order valence-corrected chi connectivity index (χ2v) is 4.32. The zero-order valence-corrected chi connectivity index (χ0v) is 9.26. The summed E-state index contributed by atoms with van der Waals surface area (Å²) in [5.41, 5.74) is 0.892. The Labute approximate surface area is 81.6 Å². The first-order valence-electron chi connectivity index (χ1n) is 4.75. The molecule has 0 aliphatic rings. The van der Waals surface area contributed by atoms with Gasteiger partial charge in [0, 0.05) is 13.5 Å². The maximum absolute atomic E-state index is 9.64. The number of allylic oxidation sites excluding steroid dienone is 1. The zero-order valence-electron chi connectivity index (χ0n) is 9.26. The summed E-state index contributed by atoms with van der Waals surface area (Å²) in [6, 6.07) is 0. The van der Waals surface area contributed by atoms with E-state index in [1.807, 2.05) is 20.8 Å². The number of hydrogen-bond donors (Lipinski definition) is 1. The van der Waals surface area contributed by atoms with E-state index in [0.717, 1.165) is 18.4 Å². The third kappa shape index (κ3) is 6.79. The summed E-state index contributed by atoms with van der Waals surface area (Å²) in [7, 11) is 1.67. The van der Waals surface area contributed by atoms with Gasteiger partial charge in [-0.2, -0.15) is 0 Å². The van der Waals surface area contributed by atoms with E-state index in [0.29, 0.717) is 6.42 Å². The smallest absolute Gasteiger partial charge is 0.0647 e. The van der Waals surface area contributed by atoms with Crippen molar-refractivity contribution in [1.29, 1.82) is 0 Å². The zero-order chi connectivity index (χ0) is 10.5. The number of hydrogen-bond acceptors (Lipinski definition) is 2. The lowest BCUT2D eigenvalue weighted by Crippen LogP contribution is -2.28. The first kappa shape index (κ1) is 12.7. The highest BCUT2D eigenvalue weighted by molar-refractivity contribution is 4.88. The molecule has 0 aliphatic carbocycles. The lowest BCUT2D eigenvalue weighted by atomic mass is 9.97. The van der Waals surface area contributed by atoms with Gasteiger partial charge in [-0.15, -0.1) is 6.58 Å². The summed E-state index contributed by atoms with van der Waals surface area (Å²) in [6.45, 7) is 9.75. The lowest BCUT2D eigenvalue weighted by Gasteiger charge is -2.25. The van der Waals surface area contributed by atoms with Crippen molar-refractivity contribution in [2.75, 3.05) is 7.11 Å². The van der Waals surface area contributed by atoms with Crippen molar-refractivity contribution in [2.45, 2.75) is 51.7 Å². The van der Waals surface area contributed by atoms with Gasteiger partial charge in [-0.3, -0.25) is 0 Å². The molecule has 1 N–H and O–H groups in total. The van der Waals surface area contributed by atoms with Gasteiger partial charge in [-0.25, -0.2) is 0 Å². The minimum absolute atomic E-state index is 0.228. The minimum Gasteiger partial charge on any atom is -0.393 e. The molecule has 0 aromatic rings. The van der Waals surface area contributed by atoms with Crippen LogP contribution in [0, 0.1) is 0 Å². The maximum atomic E-state index is 9.64. The summed E-state index contributed by atoms with van der Waals surface area (Å²) >= 11 is 0. The van der Waals surface area contributed by atoms with Crippen molar-refractivity contribution in [2.24, 2.45) is 0 Å². The molecule has 0 radical (unpaired) electrons. The van der Waals surface area contributed by atoms with Crippen LogP contribution in [0.3, 0.4) is 0 Å². The highest BCUT2D eigenvalue weighted by atomic mass is 16.5. The molecule has 0 spiro atoms. The van der Waals surface area contributed by atoms with Gasteiger partial charge in [0.25, 0.3) is 0 Å². The molecule has 0 saturated carbocycles. The molecular formula is C11H22O2. The molecule has 2 nitrogen and oxygen atoms in total. The Bertz CT molecular complexity index is 161. The van der Waals surface area contributed by atoms with Gasteiger partial charge in [0.2, 0.25) is 0 Å². The Balaban J connectivity index is 3.73. The van der Waals surface area contributed by atoms with Crippen LogP contribution in [0.15, 0.2) is 12.2 Å². The highest BCUT2D eigenvalue weighted by Crippen LogP contribution is 2.18. The van der Waals surface area contributed by atoms with Crippen LogP contribution in [0.25, 0.3) is 0 Å². The van der Waals surface area contributed by atoms with E-state index in [2.05, 4.69) is 6.58 Å². The van der Waals surface area contributed by atoms with Crippen LogP contribution in [0.5, 0.6) is 0 Å². The third-order valence-corrected chi connectivity index (χ3v) is 2.18. The summed E-state index contributed by atoms with van der Waals surface area (Å²) in [5, 5.41) is 9.64. The SMILES string of the molecule is C=C(C)CCC(O)CC(C)(C)OC. The van der Waals surface area contributed by atoms with E-state index in [4.69, 9.17) is 4.74 Å². The van der Waals surface area contributed by atoms with Gasteiger partial charge in [0.15, 0.2) is 0 Å². The van der Waals surface area contributed by atoms with E-state index < -0.39 is 0 Å². The molecule has 0 bridgehead atoms. The molecule has 2 heteroatoms. The fraction of sp³-hybridized carbons (Fsp3) is 0.818. The molecule has 0 heterocycles. The molecule has 0 aromatic heterocycles. The second-order valence-electron chi connectivity index (χ2n) is 4.32. The largest absolute Gasteiger partial charge is 0.393 e. The normalized spacial score (nSPS) is 14.2. The van der Waals surface area contributed by atoms with Crippen LogP contribution in [-0.4, -0.2) is 23.9 Å². The van der Waals surface area contributed by atoms with Crippen molar-refractivity contribution in [3.63, 3.8) is 0 Å². The Morgan fingerprint density at radius 1 is 1.54 bits per heavy atom. The Hall–Kier alpha value is -0.340. The summed E-state index contributed by atoms with van der Waals surface area (Å²) in [4.78, 5) is 0. The molecule has 1 unspecified atom stereocenters. The van der Waals surface area contributed by atoms with Crippen molar-refractivity contribution in [3.8, 4) is 0 Å². The van der Waals surface area contributed by atoms with Gasteiger partial charge in [-0.1, -0.05) is 5.57 Å². The van der Waals surface area contributed by atoms with E-state index >= 15 is 0 Å². The predicted octanol–water partition coefficient (Wildman–Crippen LogP) is 2.52. The maximum Gasteiger partial charge on any atom is 0.0647 e. The molecular weight excluding hydrogens is 164 g/mol. The average Bonchev–Trinajstić information content (AvgIpc) is 2.00. The standard InChI is InChI=1S/C11H22O2/c1-9(2)6-7-10(12)8-11(3,4)13-5/h10,12H,1,6-8H2,2-5H3. The topological polar surface area (TPSA) is 29.5 Å². The van der Waals surface area contributed by atoms with Crippen LogP contribution in [0.2, 0.25) is 0 Å². The highest BCUT2D eigenvalue weighted by Gasteiger charge is 2.20. The van der Waals surface area contributed by atoms with E-state index in [-0.39, 0.29) is 11.7 Å². The third-order valence-electron chi connectivity index (χ3n) is 2.18. The monoisotopic (exact) mass is 186 g/mol. The Morgan fingerprint density at radius 2 is 2.08 bits per heavy atom. The molecule has 0 aliphatic heterocycles. The fourth-order valence-corrected chi connectivity index (χ4v) is 1.17. The van der Waals surface area contributed by atoms with Crippen LogP contribution in [0.1, 0.15) is 40.0 Å². The molecule has 0 amide bonds. The molecule has 1 atom stereocenters.